The third kappa shape index (κ3) is 8.23. The van der Waals surface area contributed by atoms with Gasteiger partial charge in [-0.1, -0.05) is 146 Å². The van der Waals surface area contributed by atoms with Gasteiger partial charge in [-0.15, -0.1) is 0 Å². The third-order valence-corrected chi connectivity index (χ3v) is 8.40. The fourth-order valence-electron chi connectivity index (χ4n) is 5.82. The Kier molecular flexibility index (Phi) is 10.9. The van der Waals surface area contributed by atoms with Crippen LogP contribution in [0.15, 0.2) is 185 Å². The fraction of sp³-hybridized carbons (Fsp3) is 0.0435. The summed E-state index contributed by atoms with van der Waals surface area (Å²) in [6.45, 7) is 8.36. The van der Waals surface area contributed by atoms with Gasteiger partial charge in [-0.3, -0.25) is 9.98 Å². The van der Waals surface area contributed by atoms with Gasteiger partial charge in [0.05, 0.1) is 24.7 Å². The quantitative estimate of drug-likeness (QED) is 0.120. The molecule has 240 valence electrons. The first-order valence-corrected chi connectivity index (χ1v) is 16.4. The maximum Gasteiger partial charge on any atom is 0.154 e. The van der Waals surface area contributed by atoms with Crippen molar-refractivity contribution >= 4 is 30.0 Å². The number of hydrogen-bond donors (Lipinski definition) is 0. The molecule has 50 heavy (non-hydrogen) atoms. The zero-order chi connectivity index (χ0) is 34.5. The SMILES string of the molecule is C=NC(=NCc1ccc(-c2cc3ccccc3cc2-c2ccc(-c3cccc(C#N)c3)cc2)cc1)c1ccccc1.C=NCc1ccccc1. The zero-order valence-electron chi connectivity index (χ0n) is 27.8. The number of nitrogens with zero attached hydrogens (tertiary/aromatic N) is 4. The highest BCUT2D eigenvalue weighted by molar-refractivity contribution is 6.01. The van der Waals surface area contributed by atoms with Crippen molar-refractivity contribution in [3.63, 3.8) is 0 Å². The van der Waals surface area contributed by atoms with Crippen LogP contribution in [0.25, 0.3) is 44.2 Å². The Balaban J connectivity index is 0.000000419. The average molecular weight is 645 g/mol. The summed E-state index contributed by atoms with van der Waals surface area (Å²) in [5, 5.41) is 11.7. The topological polar surface area (TPSA) is 60.9 Å². The van der Waals surface area contributed by atoms with E-state index in [1.54, 1.807) is 0 Å². The normalized spacial score (nSPS) is 10.8. The van der Waals surface area contributed by atoms with Crippen molar-refractivity contribution in [2.75, 3.05) is 0 Å². The molecule has 0 aliphatic rings. The highest BCUT2D eigenvalue weighted by Gasteiger charge is 2.11. The Morgan fingerprint density at radius 3 is 1.62 bits per heavy atom. The molecule has 0 N–H and O–H groups in total. The van der Waals surface area contributed by atoms with Crippen molar-refractivity contribution < 1.29 is 0 Å². The van der Waals surface area contributed by atoms with Crippen LogP contribution >= 0.6 is 0 Å². The molecule has 0 bridgehead atoms. The summed E-state index contributed by atoms with van der Waals surface area (Å²) in [7, 11) is 0. The molecular formula is C46H36N4. The molecule has 0 spiro atoms. The number of aliphatic imine (C=N–C) groups is 3. The van der Waals surface area contributed by atoms with Gasteiger partial charge in [0.1, 0.15) is 0 Å². The average Bonchev–Trinajstić information content (AvgIpc) is 3.19. The molecule has 0 radical (unpaired) electrons. The van der Waals surface area contributed by atoms with E-state index in [1.807, 2.05) is 84.9 Å². The number of fused-ring (bicyclic) bond motifs is 1. The molecule has 0 unspecified atom stereocenters. The number of benzene rings is 7. The van der Waals surface area contributed by atoms with E-state index in [2.05, 4.69) is 114 Å². The number of nitriles is 1. The van der Waals surface area contributed by atoms with Crippen molar-refractivity contribution in [3.05, 3.63) is 192 Å². The third-order valence-electron chi connectivity index (χ3n) is 8.40. The summed E-state index contributed by atoms with van der Waals surface area (Å²) in [5.41, 5.74) is 10.7. The smallest absolute Gasteiger partial charge is 0.154 e. The summed E-state index contributed by atoms with van der Waals surface area (Å²) in [4.78, 5) is 12.6. The zero-order valence-corrected chi connectivity index (χ0v) is 27.8. The molecule has 0 amide bonds. The minimum atomic E-state index is 0.530. The molecule has 7 aromatic carbocycles. The Hall–Kier alpha value is -6.70. The van der Waals surface area contributed by atoms with Crippen LogP contribution in [0.3, 0.4) is 0 Å². The summed E-state index contributed by atoms with van der Waals surface area (Å²) in [6.07, 6.45) is 0. The van der Waals surface area contributed by atoms with Crippen LogP contribution in [-0.4, -0.2) is 19.3 Å². The van der Waals surface area contributed by atoms with E-state index in [4.69, 9.17) is 4.99 Å². The first-order chi connectivity index (χ1) is 24.6. The van der Waals surface area contributed by atoms with Gasteiger partial charge in [0.15, 0.2) is 5.84 Å². The van der Waals surface area contributed by atoms with E-state index in [-0.39, 0.29) is 0 Å². The van der Waals surface area contributed by atoms with Gasteiger partial charge < -0.3 is 0 Å². The van der Waals surface area contributed by atoms with E-state index < -0.39 is 0 Å². The fourth-order valence-corrected chi connectivity index (χ4v) is 5.82. The van der Waals surface area contributed by atoms with E-state index in [0.29, 0.717) is 17.9 Å². The van der Waals surface area contributed by atoms with Gasteiger partial charge in [-0.05, 0) is 93.0 Å². The Labute approximate surface area is 294 Å². The minimum absolute atomic E-state index is 0.530. The lowest BCUT2D eigenvalue weighted by Crippen LogP contribution is -1.97. The summed E-state index contributed by atoms with van der Waals surface area (Å²) in [6, 6.07) is 60.2. The van der Waals surface area contributed by atoms with E-state index in [0.717, 1.165) is 39.9 Å². The molecule has 7 rings (SSSR count). The van der Waals surface area contributed by atoms with Crippen LogP contribution in [0.1, 0.15) is 22.3 Å². The predicted molar refractivity (Wildman–Crippen MR) is 211 cm³/mol. The molecular weight excluding hydrogens is 609 g/mol. The molecule has 7 aromatic rings. The van der Waals surface area contributed by atoms with Crippen molar-refractivity contribution in [2.45, 2.75) is 13.1 Å². The maximum atomic E-state index is 9.29. The molecule has 0 heterocycles. The number of rotatable bonds is 8. The summed E-state index contributed by atoms with van der Waals surface area (Å²) in [5.74, 6) is 0.647. The van der Waals surface area contributed by atoms with Gasteiger partial charge in [0, 0.05) is 5.56 Å². The van der Waals surface area contributed by atoms with Crippen molar-refractivity contribution in [1.29, 1.82) is 5.26 Å². The van der Waals surface area contributed by atoms with Crippen molar-refractivity contribution in [3.8, 4) is 39.4 Å². The molecule has 4 nitrogen and oxygen atoms in total. The van der Waals surface area contributed by atoms with Crippen LogP contribution in [0.2, 0.25) is 0 Å². The monoisotopic (exact) mass is 644 g/mol. The molecule has 0 saturated heterocycles. The number of amidine groups is 1. The van der Waals surface area contributed by atoms with Gasteiger partial charge in [0.25, 0.3) is 0 Å². The van der Waals surface area contributed by atoms with Crippen LogP contribution in [0.4, 0.5) is 0 Å². The Bertz CT molecular complexity index is 2280. The van der Waals surface area contributed by atoms with Crippen molar-refractivity contribution in [1.82, 2.24) is 0 Å². The molecule has 4 heteroatoms. The lowest BCUT2D eigenvalue weighted by atomic mass is 9.90. The second kappa shape index (κ2) is 16.4. The predicted octanol–water partition coefficient (Wildman–Crippen LogP) is 11.2. The second-order valence-electron chi connectivity index (χ2n) is 11.7. The summed E-state index contributed by atoms with van der Waals surface area (Å²) >= 11 is 0. The van der Waals surface area contributed by atoms with Crippen LogP contribution in [0, 0.1) is 11.3 Å². The van der Waals surface area contributed by atoms with E-state index >= 15 is 0 Å². The molecule has 0 atom stereocenters. The Morgan fingerprint density at radius 1 is 0.500 bits per heavy atom. The second-order valence-corrected chi connectivity index (χ2v) is 11.7. The van der Waals surface area contributed by atoms with E-state index in [1.165, 1.54) is 27.5 Å². The molecule has 0 saturated carbocycles. The first-order valence-electron chi connectivity index (χ1n) is 16.4. The summed E-state index contributed by atoms with van der Waals surface area (Å²) < 4.78 is 0. The Morgan fingerprint density at radius 2 is 1.04 bits per heavy atom. The highest BCUT2D eigenvalue weighted by atomic mass is 14.9. The molecule has 0 aromatic heterocycles. The van der Waals surface area contributed by atoms with Crippen molar-refractivity contribution in [2.24, 2.45) is 15.0 Å². The van der Waals surface area contributed by atoms with Gasteiger partial charge >= 0.3 is 0 Å². The highest BCUT2D eigenvalue weighted by Crippen LogP contribution is 2.37. The van der Waals surface area contributed by atoms with Crippen LogP contribution in [-0.2, 0) is 13.1 Å². The minimum Gasteiger partial charge on any atom is -0.296 e. The molecule has 0 aliphatic carbocycles. The maximum absolute atomic E-state index is 9.29. The van der Waals surface area contributed by atoms with Gasteiger partial charge in [0.2, 0.25) is 0 Å². The lowest BCUT2D eigenvalue weighted by Gasteiger charge is -2.14. The largest absolute Gasteiger partial charge is 0.296 e. The van der Waals surface area contributed by atoms with Gasteiger partial charge in [-0.2, -0.15) is 5.26 Å². The van der Waals surface area contributed by atoms with E-state index in [9.17, 15) is 5.26 Å². The van der Waals surface area contributed by atoms with Crippen LogP contribution in [0.5, 0.6) is 0 Å². The standard InChI is InChI=1S/C38H27N3.C8H9N/c1-40-38(32-9-3-2-4-10-32)41-26-27-14-16-30(17-15-27)36-23-34-11-5-6-12-35(34)24-37(36)31-20-18-29(19-21-31)33-13-7-8-28(22-33)25-39;1-9-7-8-5-3-2-4-6-8/h2-24H,1,26H2;2-6H,1,7H2. The van der Waals surface area contributed by atoms with Crippen LogP contribution < -0.4 is 0 Å². The molecule has 0 aliphatic heterocycles. The van der Waals surface area contributed by atoms with Gasteiger partial charge in [-0.25, -0.2) is 4.99 Å². The number of hydrogen-bond acceptors (Lipinski definition) is 3. The molecule has 0 fully saturated rings. The first kappa shape index (κ1) is 33.2. The lowest BCUT2D eigenvalue weighted by molar-refractivity contribution is 1.06.